The number of nitrogens with zero attached hydrogens (tertiary/aromatic N) is 2. The van der Waals surface area contributed by atoms with Crippen LogP contribution in [0, 0.1) is 6.92 Å². The molecule has 0 radical (unpaired) electrons. The second kappa shape index (κ2) is 6.56. The quantitative estimate of drug-likeness (QED) is 0.673. The second-order valence-electron chi connectivity index (χ2n) is 4.51. The van der Waals surface area contributed by atoms with Crippen LogP contribution in [0.1, 0.15) is 23.0 Å². The Kier molecular flexibility index (Phi) is 4.77. The van der Waals surface area contributed by atoms with Gasteiger partial charge in [0.15, 0.2) is 0 Å². The number of carbonyl (C=O) groups is 1. The molecule has 5 nitrogen and oxygen atoms in total. The van der Waals surface area contributed by atoms with E-state index in [0.717, 1.165) is 11.3 Å². The van der Waals surface area contributed by atoms with Crippen LogP contribution in [0.15, 0.2) is 36.4 Å². The van der Waals surface area contributed by atoms with Crippen LogP contribution in [0.25, 0.3) is 0 Å². The van der Waals surface area contributed by atoms with Gasteiger partial charge in [0.25, 0.3) is 5.91 Å². The number of hydrogen-bond acceptors (Lipinski definition) is 4. The van der Waals surface area contributed by atoms with Crippen molar-refractivity contribution >= 4 is 29.0 Å². The van der Waals surface area contributed by atoms with E-state index < -0.39 is 0 Å². The molecule has 21 heavy (non-hydrogen) atoms. The summed E-state index contributed by atoms with van der Waals surface area (Å²) in [5.74, 6) is 5.47. The number of pyridine rings is 1. The molecule has 0 spiro atoms. The lowest BCUT2D eigenvalue weighted by atomic mass is 10.1. The lowest BCUT2D eigenvalue weighted by molar-refractivity contribution is 0.0983. The van der Waals surface area contributed by atoms with E-state index in [4.69, 9.17) is 17.4 Å². The Balaban J connectivity index is 2.44. The molecule has 0 aliphatic heterocycles. The second-order valence-corrected chi connectivity index (χ2v) is 4.91. The Morgan fingerprint density at radius 1 is 1.33 bits per heavy atom. The summed E-state index contributed by atoms with van der Waals surface area (Å²) in [6.07, 6.45) is 0. The van der Waals surface area contributed by atoms with Crippen molar-refractivity contribution in [2.45, 2.75) is 13.8 Å². The summed E-state index contributed by atoms with van der Waals surface area (Å²) in [6.45, 7) is 4.38. The van der Waals surface area contributed by atoms with Crippen LogP contribution < -0.4 is 16.2 Å². The van der Waals surface area contributed by atoms with E-state index in [1.165, 1.54) is 0 Å². The first kappa shape index (κ1) is 15.3. The molecular formula is C15H17ClN4O. The average Bonchev–Trinajstić information content (AvgIpc) is 2.50. The largest absolute Gasteiger partial charge is 0.308 e. The van der Waals surface area contributed by atoms with Gasteiger partial charge in [0.05, 0.1) is 5.02 Å². The monoisotopic (exact) mass is 304 g/mol. The predicted octanol–water partition coefficient (Wildman–Crippen LogP) is 3.00. The highest BCUT2D eigenvalue weighted by atomic mass is 35.5. The van der Waals surface area contributed by atoms with E-state index >= 15 is 0 Å². The topological polar surface area (TPSA) is 71.2 Å². The molecule has 1 heterocycles. The average molecular weight is 305 g/mol. The molecule has 110 valence electrons. The molecule has 2 rings (SSSR count). The SMILES string of the molecule is CCN(C(=O)c1nc(NN)ccc1Cl)c1ccccc1C. The fourth-order valence-corrected chi connectivity index (χ4v) is 2.28. The number of halogens is 1. The van der Waals surface area contributed by atoms with Gasteiger partial charge in [-0.2, -0.15) is 0 Å². The molecule has 0 aliphatic rings. The van der Waals surface area contributed by atoms with E-state index in [9.17, 15) is 4.79 Å². The number of amides is 1. The standard InChI is InChI=1S/C15H17ClN4O/c1-3-20(12-7-5-4-6-10(12)2)15(21)14-11(16)8-9-13(18-14)19-17/h4-9H,3,17H2,1-2H3,(H,18,19). The molecule has 2 aromatic rings. The van der Waals surface area contributed by atoms with Crippen molar-refractivity contribution in [2.24, 2.45) is 5.84 Å². The van der Waals surface area contributed by atoms with Crippen molar-refractivity contribution in [3.8, 4) is 0 Å². The van der Waals surface area contributed by atoms with Crippen LogP contribution in [0.4, 0.5) is 11.5 Å². The molecule has 0 atom stereocenters. The molecule has 0 aliphatic carbocycles. The highest BCUT2D eigenvalue weighted by Gasteiger charge is 2.21. The summed E-state index contributed by atoms with van der Waals surface area (Å²) in [4.78, 5) is 18.5. The third-order valence-corrected chi connectivity index (χ3v) is 3.47. The number of hydrazine groups is 1. The lowest BCUT2D eigenvalue weighted by Gasteiger charge is -2.23. The molecule has 1 amide bonds. The number of nitrogens with two attached hydrogens (primary N) is 1. The molecular weight excluding hydrogens is 288 g/mol. The number of rotatable bonds is 4. The van der Waals surface area contributed by atoms with Gasteiger partial charge in [0.1, 0.15) is 11.5 Å². The highest BCUT2D eigenvalue weighted by molar-refractivity contribution is 6.34. The van der Waals surface area contributed by atoms with E-state index in [2.05, 4.69) is 10.4 Å². The van der Waals surface area contributed by atoms with Crippen molar-refractivity contribution in [3.63, 3.8) is 0 Å². The fraction of sp³-hybridized carbons (Fsp3) is 0.200. The number of hydrogen-bond donors (Lipinski definition) is 2. The van der Waals surface area contributed by atoms with Gasteiger partial charge in [-0.25, -0.2) is 10.8 Å². The van der Waals surface area contributed by atoms with Crippen molar-refractivity contribution in [2.75, 3.05) is 16.9 Å². The summed E-state index contributed by atoms with van der Waals surface area (Å²) in [6, 6.07) is 10.9. The van der Waals surface area contributed by atoms with Crippen molar-refractivity contribution in [3.05, 3.63) is 52.7 Å². The summed E-state index contributed by atoms with van der Waals surface area (Å²) in [5, 5.41) is 0.297. The maximum absolute atomic E-state index is 12.7. The van der Waals surface area contributed by atoms with Crippen LogP contribution in [0.2, 0.25) is 5.02 Å². The number of benzene rings is 1. The van der Waals surface area contributed by atoms with Gasteiger partial charge in [0.2, 0.25) is 0 Å². The Labute approximate surface area is 128 Å². The van der Waals surface area contributed by atoms with Gasteiger partial charge in [-0.1, -0.05) is 29.8 Å². The molecule has 0 unspecified atom stereocenters. The van der Waals surface area contributed by atoms with Gasteiger partial charge in [-0.05, 0) is 37.6 Å². The highest BCUT2D eigenvalue weighted by Crippen LogP contribution is 2.24. The van der Waals surface area contributed by atoms with Crippen LogP contribution in [0.5, 0.6) is 0 Å². The maximum Gasteiger partial charge on any atom is 0.278 e. The maximum atomic E-state index is 12.7. The van der Waals surface area contributed by atoms with Gasteiger partial charge in [-0.3, -0.25) is 4.79 Å². The molecule has 0 fully saturated rings. The van der Waals surface area contributed by atoms with Gasteiger partial charge in [-0.15, -0.1) is 0 Å². The van der Waals surface area contributed by atoms with Crippen LogP contribution in [0.3, 0.4) is 0 Å². The number of nitrogen functional groups attached to an aromatic ring is 1. The molecule has 0 saturated heterocycles. The summed E-state index contributed by atoms with van der Waals surface area (Å²) in [5.41, 5.74) is 4.45. The number of anilines is 2. The Bertz CT molecular complexity index is 660. The zero-order valence-electron chi connectivity index (χ0n) is 11.9. The van der Waals surface area contributed by atoms with Gasteiger partial charge < -0.3 is 10.3 Å². The molecule has 3 N–H and O–H groups in total. The zero-order chi connectivity index (χ0) is 15.4. The van der Waals surface area contributed by atoms with E-state index in [-0.39, 0.29) is 11.6 Å². The predicted molar refractivity (Wildman–Crippen MR) is 85.6 cm³/mol. The first-order chi connectivity index (χ1) is 10.1. The number of para-hydroxylation sites is 1. The van der Waals surface area contributed by atoms with Crippen molar-refractivity contribution in [1.82, 2.24) is 4.98 Å². The number of aromatic nitrogens is 1. The minimum atomic E-state index is -0.256. The zero-order valence-corrected chi connectivity index (χ0v) is 12.7. The number of carbonyl (C=O) groups excluding carboxylic acids is 1. The smallest absolute Gasteiger partial charge is 0.278 e. The Morgan fingerprint density at radius 3 is 2.67 bits per heavy atom. The van der Waals surface area contributed by atoms with Crippen molar-refractivity contribution < 1.29 is 4.79 Å². The summed E-state index contributed by atoms with van der Waals surface area (Å²) in [7, 11) is 0. The molecule has 0 bridgehead atoms. The molecule has 1 aromatic carbocycles. The summed E-state index contributed by atoms with van der Waals surface area (Å²) < 4.78 is 0. The minimum Gasteiger partial charge on any atom is -0.308 e. The molecule has 1 aromatic heterocycles. The Morgan fingerprint density at radius 2 is 2.05 bits per heavy atom. The fourth-order valence-electron chi connectivity index (χ4n) is 2.09. The van der Waals surface area contributed by atoms with Gasteiger partial charge >= 0.3 is 0 Å². The number of aryl methyl sites for hydroxylation is 1. The van der Waals surface area contributed by atoms with Crippen LogP contribution in [-0.4, -0.2) is 17.4 Å². The van der Waals surface area contributed by atoms with E-state index in [1.54, 1.807) is 17.0 Å². The molecule has 0 saturated carbocycles. The van der Waals surface area contributed by atoms with Crippen LogP contribution in [-0.2, 0) is 0 Å². The number of nitrogens with one attached hydrogen (secondary N) is 1. The first-order valence-electron chi connectivity index (χ1n) is 6.59. The Hall–Kier alpha value is -2.11. The van der Waals surface area contributed by atoms with Gasteiger partial charge in [0, 0.05) is 12.2 Å². The normalized spacial score (nSPS) is 10.3. The lowest BCUT2D eigenvalue weighted by Crippen LogP contribution is -2.32. The molecule has 6 heteroatoms. The van der Waals surface area contributed by atoms with E-state index in [0.29, 0.717) is 17.4 Å². The third-order valence-electron chi connectivity index (χ3n) is 3.16. The van der Waals surface area contributed by atoms with E-state index in [1.807, 2.05) is 38.1 Å². The minimum absolute atomic E-state index is 0.178. The van der Waals surface area contributed by atoms with Crippen molar-refractivity contribution in [1.29, 1.82) is 0 Å². The summed E-state index contributed by atoms with van der Waals surface area (Å²) >= 11 is 6.10. The third kappa shape index (κ3) is 3.15. The van der Waals surface area contributed by atoms with Crippen LogP contribution >= 0.6 is 11.6 Å². The first-order valence-corrected chi connectivity index (χ1v) is 6.97.